The summed E-state index contributed by atoms with van der Waals surface area (Å²) in [4.78, 5) is 125. The fourth-order valence-electron chi connectivity index (χ4n) is 4.84. The Morgan fingerprint density at radius 3 is 1.22 bits per heavy atom. The van der Waals surface area contributed by atoms with E-state index < -0.39 is 158 Å². The van der Waals surface area contributed by atoms with Crippen LogP contribution < -0.4 is 49.1 Å². The van der Waals surface area contributed by atoms with Crippen molar-refractivity contribution < 1.29 is 63.3 Å². The Morgan fingerprint density at radius 1 is 0.509 bits per heavy atom. The van der Waals surface area contributed by atoms with Gasteiger partial charge in [0.1, 0.15) is 36.3 Å². The first-order valence-corrected chi connectivity index (χ1v) is 17.8. The van der Waals surface area contributed by atoms with Crippen LogP contribution in [0.2, 0.25) is 0 Å². The first-order chi connectivity index (χ1) is 25.6. The second kappa shape index (κ2) is 24.8. The van der Waals surface area contributed by atoms with Crippen LogP contribution in [-0.2, 0) is 47.9 Å². The highest BCUT2D eigenvalue weighted by Crippen LogP contribution is 2.12. The highest BCUT2D eigenvalue weighted by Gasteiger charge is 2.35. The van der Waals surface area contributed by atoms with Crippen molar-refractivity contribution in [3.8, 4) is 0 Å². The molecule has 22 nitrogen and oxygen atoms in total. The number of hydrogen-bond donors (Lipinski definition) is 12. The number of hydrogen-bond acceptors (Lipinski definition) is 12. The number of carboxylic acids is 2. The van der Waals surface area contributed by atoms with Crippen LogP contribution in [0, 0.1) is 11.8 Å². The zero-order valence-corrected chi connectivity index (χ0v) is 31.7. The van der Waals surface area contributed by atoms with Crippen LogP contribution >= 0.6 is 0 Å². The number of primary amides is 2. The van der Waals surface area contributed by atoms with Crippen molar-refractivity contribution >= 4 is 59.2 Å². The van der Waals surface area contributed by atoms with Crippen LogP contribution in [0.25, 0.3) is 0 Å². The van der Waals surface area contributed by atoms with E-state index in [1.54, 1.807) is 27.7 Å². The molecule has 0 aromatic rings. The van der Waals surface area contributed by atoms with Gasteiger partial charge in [-0.15, -0.1) is 0 Å². The molecule has 312 valence electrons. The molecule has 8 amide bonds. The number of nitrogens with one attached hydrogen (secondary N) is 6. The quantitative estimate of drug-likeness (QED) is 0.0376. The summed E-state index contributed by atoms with van der Waals surface area (Å²) >= 11 is 0. The highest BCUT2D eigenvalue weighted by molar-refractivity contribution is 5.97. The summed E-state index contributed by atoms with van der Waals surface area (Å²) in [5, 5.41) is 42.5. The Hall–Kier alpha value is -5.38. The number of aliphatic hydroxyl groups is 1. The lowest BCUT2D eigenvalue weighted by Crippen LogP contribution is -2.61. The fourth-order valence-corrected chi connectivity index (χ4v) is 4.84. The van der Waals surface area contributed by atoms with Crippen LogP contribution in [0.5, 0.6) is 0 Å². The van der Waals surface area contributed by atoms with Crippen LogP contribution in [0.4, 0.5) is 0 Å². The Labute approximate surface area is 318 Å². The second-order valence-corrected chi connectivity index (χ2v) is 13.2. The molecule has 0 spiro atoms. The van der Waals surface area contributed by atoms with E-state index in [4.69, 9.17) is 22.3 Å². The van der Waals surface area contributed by atoms with Gasteiger partial charge in [-0.2, -0.15) is 0 Å². The number of amides is 8. The van der Waals surface area contributed by atoms with Crippen molar-refractivity contribution in [2.24, 2.45) is 29.0 Å². The summed E-state index contributed by atoms with van der Waals surface area (Å²) in [5.74, 6) is -11.3. The average Bonchev–Trinajstić information content (AvgIpc) is 3.11. The normalized spacial score (nSPS) is 15.8. The molecular formula is C33H57N9O13. The topological polar surface area (TPSA) is 382 Å². The monoisotopic (exact) mass is 787 g/mol. The molecule has 0 fully saturated rings. The molecular weight excluding hydrogens is 730 g/mol. The molecule has 0 heterocycles. The average molecular weight is 788 g/mol. The van der Waals surface area contributed by atoms with E-state index in [9.17, 15) is 58.2 Å². The van der Waals surface area contributed by atoms with Gasteiger partial charge in [-0.3, -0.25) is 43.2 Å². The predicted molar refractivity (Wildman–Crippen MR) is 193 cm³/mol. The largest absolute Gasteiger partial charge is 0.481 e. The number of rotatable bonds is 27. The molecule has 22 heteroatoms. The van der Waals surface area contributed by atoms with Gasteiger partial charge in [0.15, 0.2) is 0 Å². The van der Waals surface area contributed by atoms with Gasteiger partial charge in [0, 0.05) is 19.3 Å². The highest BCUT2D eigenvalue weighted by atomic mass is 16.4. The predicted octanol–water partition coefficient (Wildman–Crippen LogP) is -4.19. The third-order valence-electron chi connectivity index (χ3n) is 8.70. The molecule has 0 saturated heterocycles. The van der Waals surface area contributed by atoms with E-state index in [0.717, 1.165) is 0 Å². The lowest BCUT2D eigenvalue weighted by molar-refractivity contribution is -0.143. The number of aliphatic carboxylic acids is 2. The molecule has 55 heavy (non-hydrogen) atoms. The summed E-state index contributed by atoms with van der Waals surface area (Å²) in [6.45, 7) is 7.09. The number of carboxylic acid groups (broad SMARTS) is 2. The number of carbonyl (C=O) groups is 10. The molecule has 0 aliphatic rings. The van der Waals surface area contributed by atoms with Gasteiger partial charge in [-0.25, -0.2) is 4.79 Å². The van der Waals surface area contributed by atoms with E-state index in [1.165, 1.54) is 6.92 Å². The SMILES string of the molecule is CC[C@H](C)[C@H](NC(=O)[C@H](C)N)C(=O)N[C@@H](CO)C(=O)N[C@@H](CCC(N)=O)C(=O)N[C@H](C(=O)N[C@@H](CCC(N)=O)C(=O)N[C@@H](CCC(=O)O)C(=O)O)[C@@H](C)CC. The minimum Gasteiger partial charge on any atom is -0.481 e. The first-order valence-electron chi connectivity index (χ1n) is 17.8. The van der Waals surface area contributed by atoms with Crippen molar-refractivity contribution in [3.05, 3.63) is 0 Å². The zero-order chi connectivity index (χ0) is 42.6. The van der Waals surface area contributed by atoms with Crippen LogP contribution in [0.15, 0.2) is 0 Å². The Morgan fingerprint density at radius 2 is 0.855 bits per heavy atom. The van der Waals surface area contributed by atoms with Gasteiger partial charge in [-0.1, -0.05) is 40.5 Å². The zero-order valence-electron chi connectivity index (χ0n) is 31.7. The van der Waals surface area contributed by atoms with E-state index >= 15 is 0 Å². The lowest BCUT2D eigenvalue weighted by Gasteiger charge is -2.29. The Balaban J connectivity index is 6.32. The van der Waals surface area contributed by atoms with E-state index in [0.29, 0.717) is 6.42 Å². The van der Waals surface area contributed by atoms with Crippen LogP contribution in [-0.4, -0.2) is 123 Å². The smallest absolute Gasteiger partial charge is 0.326 e. The molecule has 9 atom stereocenters. The van der Waals surface area contributed by atoms with Crippen molar-refractivity contribution in [2.75, 3.05) is 6.61 Å². The van der Waals surface area contributed by atoms with Crippen LogP contribution in [0.3, 0.4) is 0 Å². The van der Waals surface area contributed by atoms with Gasteiger partial charge in [0.2, 0.25) is 47.3 Å². The second-order valence-electron chi connectivity index (χ2n) is 13.2. The molecule has 0 rings (SSSR count). The third-order valence-corrected chi connectivity index (χ3v) is 8.70. The van der Waals surface area contributed by atoms with Gasteiger partial charge < -0.3 is 64.4 Å². The van der Waals surface area contributed by atoms with E-state index in [1.807, 2.05) is 0 Å². The van der Waals surface area contributed by atoms with Gasteiger partial charge in [0.05, 0.1) is 12.6 Å². The molecule has 0 aromatic carbocycles. The summed E-state index contributed by atoms with van der Waals surface area (Å²) in [6.07, 6.45) is -2.09. The molecule has 0 saturated carbocycles. The van der Waals surface area contributed by atoms with Crippen LogP contribution in [0.1, 0.15) is 86.0 Å². The number of aliphatic hydroxyl groups excluding tert-OH is 1. The first kappa shape index (κ1) is 49.6. The molecule has 0 radical (unpaired) electrons. The summed E-state index contributed by atoms with van der Waals surface area (Å²) in [5.41, 5.74) is 16.1. The molecule has 0 unspecified atom stereocenters. The maximum atomic E-state index is 13.6. The number of nitrogens with two attached hydrogens (primary N) is 3. The Kier molecular flexibility index (Phi) is 22.4. The molecule has 0 aliphatic carbocycles. The summed E-state index contributed by atoms with van der Waals surface area (Å²) in [6, 6.07) is -10.0. The van der Waals surface area contributed by atoms with Gasteiger partial charge in [0.25, 0.3) is 0 Å². The van der Waals surface area contributed by atoms with Gasteiger partial charge in [-0.05, 0) is 38.0 Å². The van der Waals surface area contributed by atoms with Crippen molar-refractivity contribution in [3.63, 3.8) is 0 Å². The minimum absolute atomic E-state index is 0.264. The number of carbonyl (C=O) groups excluding carboxylic acids is 8. The van der Waals surface area contributed by atoms with Crippen molar-refractivity contribution in [1.29, 1.82) is 0 Å². The third kappa shape index (κ3) is 18.5. The summed E-state index contributed by atoms with van der Waals surface area (Å²) < 4.78 is 0. The fraction of sp³-hybridized carbons (Fsp3) is 0.697. The van der Waals surface area contributed by atoms with E-state index in [2.05, 4.69) is 31.9 Å². The lowest BCUT2D eigenvalue weighted by atomic mass is 9.96. The van der Waals surface area contributed by atoms with Gasteiger partial charge >= 0.3 is 11.9 Å². The maximum Gasteiger partial charge on any atom is 0.326 e. The molecule has 0 aromatic heterocycles. The molecule has 0 bridgehead atoms. The minimum atomic E-state index is -1.67. The maximum absolute atomic E-state index is 13.6. The van der Waals surface area contributed by atoms with Crippen molar-refractivity contribution in [1.82, 2.24) is 31.9 Å². The molecule has 15 N–H and O–H groups in total. The standard InChI is InChI=1S/C33H57N9O13/c1-6-15(3)25(41-27(48)17(5)34)32(53)40-21(14-43)30(51)37-19(9-12-23(36)45)29(50)42-26(16(4)7-2)31(52)38-18(8-11-22(35)44)28(49)39-20(33(54)55)10-13-24(46)47/h15-21,25-26,43H,6-14,34H2,1-5H3,(H2,35,44)(H2,36,45)(H,37,51)(H,38,52)(H,39,49)(H,40,53)(H,41,48)(H,42,50)(H,46,47)(H,54,55)/t15-,16-,17-,18-,19-,20-,21-,25-,26-/m0/s1. The Bertz CT molecular complexity index is 1390. The molecule has 0 aliphatic heterocycles. The van der Waals surface area contributed by atoms with E-state index in [-0.39, 0.29) is 6.42 Å². The summed E-state index contributed by atoms with van der Waals surface area (Å²) in [7, 11) is 0. The van der Waals surface area contributed by atoms with Crippen molar-refractivity contribution in [2.45, 2.75) is 128 Å².